The first-order chi connectivity index (χ1) is 10.5. The largest absolute Gasteiger partial charge is 0.493 e. The summed E-state index contributed by atoms with van der Waals surface area (Å²) in [4.78, 5) is 4.21. The molecule has 0 bridgehead atoms. The number of rotatable bonds is 5. The molecule has 0 atom stereocenters. The number of ether oxygens (including phenoxy) is 2. The number of aryl methyl sites for hydroxylation is 1. The molecule has 0 unspecified atom stereocenters. The van der Waals surface area contributed by atoms with Crippen molar-refractivity contribution in [2.45, 2.75) is 6.54 Å². The molecule has 1 aromatic carbocycles. The van der Waals surface area contributed by atoms with E-state index < -0.39 is 0 Å². The standard InChI is InChI=1S/C14H18ClN5O2/c1-20-8-10(15)11(19-20)7-17-14(16)18-9-4-5-12(21-2)13(6-9)22-3/h4-6,8H,7H2,1-3H3,(H3,16,17,18). The van der Waals surface area contributed by atoms with Crippen molar-refractivity contribution in [3.63, 3.8) is 0 Å². The maximum Gasteiger partial charge on any atom is 0.193 e. The second kappa shape index (κ2) is 7.04. The molecular weight excluding hydrogens is 306 g/mol. The highest BCUT2D eigenvalue weighted by Crippen LogP contribution is 2.29. The van der Waals surface area contributed by atoms with E-state index in [1.165, 1.54) is 0 Å². The Morgan fingerprint density at radius 3 is 2.68 bits per heavy atom. The summed E-state index contributed by atoms with van der Waals surface area (Å²) in [6.07, 6.45) is 1.71. The van der Waals surface area contributed by atoms with Crippen molar-refractivity contribution in [1.29, 1.82) is 0 Å². The maximum atomic E-state index is 6.02. The fourth-order valence-corrected chi connectivity index (χ4v) is 2.11. The van der Waals surface area contributed by atoms with Crippen molar-refractivity contribution in [2.75, 3.05) is 19.5 Å². The Kier molecular flexibility index (Phi) is 5.11. The van der Waals surface area contributed by atoms with Gasteiger partial charge in [-0.15, -0.1) is 0 Å². The SMILES string of the molecule is COc1ccc(NC(N)=NCc2nn(C)cc2Cl)cc1OC. The first-order valence-corrected chi connectivity index (χ1v) is 6.88. The Morgan fingerprint density at radius 2 is 2.09 bits per heavy atom. The molecule has 2 aromatic rings. The van der Waals surface area contributed by atoms with Crippen molar-refractivity contribution in [1.82, 2.24) is 9.78 Å². The van der Waals surface area contributed by atoms with Crippen LogP contribution >= 0.6 is 11.6 Å². The summed E-state index contributed by atoms with van der Waals surface area (Å²) in [6.45, 7) is 0.297. The first kappa shape index (κ1) is 16.0. The van der Waals surface area contributed by atoms with Crippen molar-refractivity contribution in [3.05, 3.63) is 35.1 Å². The van der Waals surface area contributed by atoms with E-state index in [9.17, 15) is 0 Å². The highest BCUT2D eigenvalue weighted by Gasteiger charge is 2.06. The Bertz CT molecular complexity index is 684. The van der Waals surface area contributed by atoms with Gasteiger partial charge in [-0.1, -0.05) is 11.6 Å². The molecule has 118 valence electrons. The summed E-state index contributed by atoms with van der Waals surface area (Å²) < 4.78 is 12.0. The van der Waals surface area contributed by atoms with Gasteiger partial charge >= 0.3 is 0 Å². The molecule has 7 nitrogen and oxygen atoms in total. The molecule has 8 heteroatoms. The highest BCUT2D eigenvalue weighted by atomic mass is 35.5. The van der Waals surface area contributed by atoms with E-state index in [0.29, 0.717) is 28.8 Å². The Morgan fingerprint density at radius 1 is 1.36 bits per heavy atom. The van der Waals surface area contributed by atoms with Crippen LogP contribution in [0.3, 0.4) is 0 Å². The van der Waals surface area contributed by atoms with Crippen molar-refractivity contribution in [3.8, 4) is 11.5 Å². The van der Waals surface area contributed by atoms with Gasteiger partial charge in [0.15, 0.2) is 17.5 Å². The molecule has 0 spiro atoms. The number of nitrogens with one attached hydrogen (secondary N) is 1. The van der Waals surface area contributed by atoms with Crippen molar-refractivity contribution < 1.29 is 9.47 Å². The zero-order valence-electron chi connectivity index (χ0n) is 12.6. The Hall–Kier alpha value is -2.41. The second-order valence-corrected chi connectivity index (χ2v) is 4.90. The van der Waals surface area contributed by atoms with Crippen LogP contribution < -0.4 is 20.5 Å². The molecule has 0 aliphatic carbocycles. The van der Waals surface area contributed by atoms with Crippen LogP contribution in [0.4, 0.5) is 5.69 Å². The van der Waals surface area contributed by atoms with Crippen LogP contribution in [-0.4, -0.2) is 30.0 Å². The smallest absolute Gasteiger partial charge is 0.193 e. The Labute approximate surface area is 133 Å². The zero-order valence-corrected chi connectivity index (χ0v) is 13.4. The predicted molar refractivity (Wildman–Crippen MR) is 86.7 cm³/mol. The Balaban J connectivity index is 2.06. The van der Waals surface area contributed by atoms with Gasteiger partial charge in [0.2, 0.25) is 0 Å². The molecule has 1 heterocycles. The second-order valence-electron chi connectivity index (χ2n) is 4.49. The van der Waals surface area contributed by atoms with Gasteiger partial charge in [0.05, 0.1) is 25.8 Å². The number of hydrogen-bond donors (Lipinski definition) is 2. The lowest BCUT2D eigenvalue weighted by molar-refractivity contribution is 0.355. The van der Waals surface area contributed by atoms with Gasteiger partial charge in [-0.2, -0.15) is 5.10 Å². The fourth-order valence-electron chi connectivity index (χ4n) is 1.87. The lowest BCUT2D eigenvalue weighted by Crippen LogP contribution is -2.22. The third kappa shape index (κ3) is 3.82. The van der Waals surface area contributed by atoms with Crippen LogP contribution in [0.1, 0.15) is 5.69 Å². The molecule has 1 aromatic heterocycles. The average molecular weight is 324 g/mol. The van der Waals surface area contributed by atoms with Crippen molar-refractivity contribution in [2.24, 2.45) is 17.8 Å². The summed E-state index contributed by atoms with van der Waals surface area (Å²) in [5, 5.41) is 7.74. The molecular formula is C14H18ClN5O2. The van der Waals surface area contributed by atoms with E-state index in [4.69, 9.17) is 26.8 Å². The minimum absolute atomic E-state index is 0.258. The number of methoxy groups -OCH3 is 2. The van der Waals surface area contributed by atoms with Gasteiger partial charge in [0, 0.05) is 25.0 Å². The van der Waals surface area contributed by atoms with E-state index in [1.54, 1.807) is 44.3 Å². The lowest BCUT2D eigenvalue weighted by Gasteiger charge is -2.10. The molecule has 0 saturated heterocycles. The van der Waals surface area contributed by atoms with Gasteiger partial charge in [-0.3, -0.25) is 4.68 Å². The van der Waals surface area contributed by atoms with Gasteiger partial charge < -0.3 is 20.5 Å². The first-order valence-electron chi connectivity index (χ1n) is 6.50. The minimum Gasteiger partial charge on any atom is -0.493 e. The zero-order chi connectivity index (χ0) is 16.1. The molecule has 0 fully saturated rings. The molecule has 0 radical (unpaired) electrons. The average Bonchev–Trinajstić information content (AvgIpc) is 2.82. The summed E-state index contributed by atoms with van der Waals surface area (Å²) >= 11 is 6.02. The molecule has 0 aliphatic heterocycles. The van der Waals surface area contributed by atoms with Gasteiger partial charge in [0.1, 0.15) is 5.69 Å². The van der Waals surface area contributed by atoms with Crippen LogP contribution in [0, 0.1) is 0 Å². The monoisotopic (exact) mass is 323 g/mol. The number of aromatic nitrogens is 2. The molecule has 0 saturated carbocycles. The third-order valence-electron chi connectivity index (χ3n) is 2.91. The summed E-state index contributed by atoms with van der Waals surface area (Å²) in [6, 6.07) is 5.37. The van der Waals surface area contributed by atoms with Crippen LogP contribution in [0.5, 0.6) is 11.5 Å². The number of anilines is 1. The van der Waals surface area contributed by atoms with Crippen molar-refractivity contribution >= 4 is 23.2 Å². The number of halogens is 1. The normalized spacial score (nSPS) is 11.4. The highest BCUT2D eigenvalue weighted by molar-refractivity contribution is 6.31. The molecule has 2 rings (SSSR count). The van der Waals surface area contributed by atoms with Crippen LogP contribution in [0.25, 0.3) is 0 Å². The van der Waals surface area contributed by atoms with E-state index in [0.717, 1.165) is 5.69 Å². The van der Waals surface area contributed by atoms with Crippen LogP contribution in [0.2, 0.25) is 5.02 Å². The van der Waals surface area contributed by atoms with Gasteiger partial charge in [-0.25, -0.2) is 4.99 Å². The summed E-state index contributed by atoms with van der Waals surface area (Å²) in [7, 11) is 4.95. The van der Waals surface area contributed by atoms with E-state index in [-0.39, 0.29) is 5.96 Å². The third-order valence-corrected chi connectivity index (χ3v) is 3.23. The van der Waals surface area contributed by atoms with Gasteiger partial charge in [0.25, 0.3) is 0 Å². The maximum absolute atomic E-state index is 6.02. The lowest BCUT2D eigenvalue weighted by atomic mass is 10.3. The van der Waals surface area contributed by atoms with E-state index >= 15 is 0 Å². The van der Waals surface area contributed by atoms with E-state index in [2.05, 4.69) is 15.4 Å². The van der Waals surface area contributed by atoms with Crippen LogP contribution in [-0.2, 0) is 13.6 Å². The minimum atomic E-state index is 0.258. The number of hydrogen-bond acceptors (Lipinski definition) is 4. The summed E-state index contributed by atoms with van der Waals surface area (Å²) in [5.41, 5.74) is 7.27. The van der Waals surface area contributed by atoms with E-state index in [1.807, 2.05) is 6.07 Å². The molecule has 0 aliphatic rings. The molecule has 3 N–H and O–H groups in total. The number of benzene rings is 1. The number of nitrogens with zero attached hydrogens (tertiary/aromatic N) is 3. The topological polar surface area (TPSA) is 86.7 Å². The van der Waals surface area contributed by atoms with Crippen LogP contribution in [0.15, 0.2) is 29.4 Å². The number of guanidine groups is 1. The number of nitrogens with two attached hydrogens (primary N) is 1. The summed E-state index contributed by atoms with van der Waals surface area (Å²) in [5.74, 6) is 1.51. The quantitative estimate of drug-likeness (QED) is 0.649. The molecule has 22 heavy (non-hydrogen) atoms. The molecule has 0 amide bonds. The number of aliphatic imine (C=N–C) groups is 1. The predicted octanol–water partition coefficient (Wildman–Crippen LogP) is 2.02. The fraction of sp³-hybridized carbons (Fsp3) is 0.286. The van der Waals surface area contributed by atoms with Gasteiger partial charge in [-0.05, 0) is 12.1 Å².